The number of halogens is 1. The molecule has 2 aromatic rings. The van der Waals surface area contributed by atoms with Crippen molar-refractivity contribution in [3.63, 3.8) is 0 Å². The fourth-order valence-corrected chi connectivity index (χ4v) is 4.61. The lowest BCUT2D eigenvalue weighted by Crippen LogP contribution is -2.23. The monoisotopic (exact) mass is 533 g/mol. The summed E-state index contributed by atoms with van der Waals surface area (Å²) < 4.78 is 50.9. The van der Waals surface area contributed by atoms with E-state index in [0.717, 1.165) is 10.2 Å². The second-order valence-electron chi connectivity index (χ2n) is 6.63. The van der Waals surface area contributed by atoms with E-state index >= 15 is 0 Å². The minimum Gasteiger partial charge on any atom is -0.481 e. The van der Waals surface area contributed by atoms with Gasteiger partial charge in [-0.25, -0.2) is 26.3 Å². The van der Waals surface area contributed by atoms with Crippen LogP contribution in [0.5, 0.6) is 0 Å². The number of carboxylic acid groups (broad SMARTS) is 1. The summed E-state index contributed by atoms with van der Waals surface area (Å²) in [6.45, 7) is 1.14. The Labute approximate surface area is 190 Å². The van der Waals surface area contributed by atoms with Gasteiger partial charge in [-0.3, -0.25) is 4.79 Å². The summed E-state index contributed by atoms with van der Waals surface area (Å²) >= 11 is 3.22. The minimum atomic E-state index is -3.43. The molecule has 0 aliphatic carbocycles. The highest BCUT2D eigenvalue weighted by molar-refractivity contribution is 9.10. The number of aliphatic carboxylic acids is 1. The second kappa shape index (κ2) is 10.6. The third-order valence-corrected chi connectivity index (χ3v) is 8.10. The standard InChI is InChI=1S/C12H16N2O4S.C7H8BrNO2S/c1-13-19(17,18)11-4-2-10(3-5-11)14-7-6-9(8-14)12(15)16;1-9-12(10,11)7-4-2-6(8)3-5-7/h2-5,9,13H,6-8H2,1H3,(H,15,16);2-5,9H,1H3. The van der Waals surface area contributed by atoms with Gasteiger partial charge < -0.3 is 10.0 Å². The van der Waals surface area contributed by atoms with Crippen molar-refractivity contribution in [2.24, 2.45) is 5.92 Å². The molecule has 1 unspecified atom stereocenters. The van der Waals surface area contributed by atoms with Crippen molar-refractivity contribution in [3.05, 3.63) is 53.0 Å². The van der Waals surface area contributed by atoms with Crippen LogP contribution in [0.2, 0.25) is 0 Å². The minimum absolute atomic E-state index is 0.202. The van der Waals surface area contributed by atoms with E-state index in [9.17, 15) is 21.6 Å². The molecule has 0 bridgehead atoms. The quantitative estimate of drug-likeness (QED) is 0.515. The van der Waals surface area contributed by atoms with Gasteiger partial charge in [0.2, 0.25) is 20.0 Å². The van der Waals surface area contributed by atoms with Gasteiger partial charge >= 0.3 is 5.97 Å². The first-order valence-electron chi connectivity index (χ1n) is 9.20. The van der Waals surface area contributed by atoms with Crippen molar-refractivity contribution < 1.29 is 26.7 Å². The first kappa shape index (κ1) is 25.3. The van der Waals surface area contributed by atoms with Crippen LogP contribution in [0.15, 0.2) is 62.8 Å². The summed E-state index contributed by atoms with van der Waals surface area (Å²) in [5.74, 6) is -1.13. The maximum absolute atomic E-state index is 11.6. The van der Waals surface area contributed by atoms with Gasteiger partial charge in [-0.15, -0.1) is 0 Å². The highest BCUT2D eigenvalue weighted by Gasteiger charge is 2.28. The normalized spacial score (nSPS) is 16.5. The van der Waals surface area contributed by atoms with E-state index in [4.69, 9.17) is 5.11 Å². The number of benzene rings is 2. The van der Waals surface area contributed by atoms with Crippen molar-refractivity contribution in [1.82, 2.24) is 9.44 Å². The highest BCUT2D eigenvalue weighted by atomic mass is 79.9. The smallest absolute Gasteiger partial charge is 0.308 e. The van der Waals surface area contributed by atoms with Crippen LogP contribution in [-0.4, -0.2) is 55.1 Å². The Hall–Kier alpha value is -1.99. The van der Waals surface area contributed by atoms with Gasteiger partial charge in [0.15, 0.2) is 0 Å². The topological polar surface area (TPSA) is 133 Å². The Kier molecular flexibility index (Phi) is 8.60. The third kappa shape index (κ3) is 6.74. The number of nitrogens with zero attached hydrogens (tertiary/aromatic N) is 1. The molecule has 0 radical (unpaired) electrons. The van der Waals surface area contributed by atoms with Gasteiger partial charge in [0.1, 0.15) is 0 Å². The first-order chi connectivity index (χ1) is 14.5. The Morgan fingerprint density at radius 3 is 1.77 bits per heavy atom. The van der Waals surface area contributed by atoms with Gasteiger partial charge in [-0.1, -0.05) is 15.9 Å². The number of rotatable bonds is 6. The van der Waals surface area contributed by atoms with E-state index in [0.29, 0.717) is 19.5 Å². The van der Waals surface area contributed by atoms with Crippen LogP contribution in [0.25, 0.3) is 0 Å². The molecule has 12 heteroatoms. The van der Waals surface area contributed by atoms with Crippen LogP contribution in [0.3, 0.4) is 0 Å². The number of anilines is 1. The van der Waals surface area contributed by atoms with Crippen LogP contribution in [0.4, 0.5) is 5.69 Å². The van der Waals surface area contributed by atoms with Crippen LogP contribution in [0.1, 0.15) is 6.42 Å². The molecular formula is C19H24BrN3O6S2. The molecule has 1 saturated heterocycles. The van der Waals surface area contributed by atoms with E-state index in [1.807, 2.05) is 4.90 Å². The van der Waals surface area contributed by atoms with Crippen LogP contribution in [-0.2, 0) is 24.8 Å². The lowest BCUT2D eigenvalue weighted by molar-refractivity contribution is -0.140. The van der Waals surface area contributed by atoms with E-state index in [-0.39, 0.29) is 15.7 Å². The molecule has 1 fully saturated rings. The van der Waals surface area contributed by atoms with E-state index in [2.05, 4.69) is 25.4 Å². The van der Waals surface area contributed by atoms with Crippen LogP contribution < -0.4 is 14.3 Å². The average Bonchev–Trinajstić information content (AvgIpc) is 3.25. The first-order valence-corrected chi connectivity index (χ1v) is 13.0. The molecule has 31 heavy (non-hydrogen) atoms. The fourth-order valence-electron chi connectivity index (χ4n) is 2.88. The molecule has 0 spiro atoms. The van der Waals surface area contributed by atoms with Gasteiger partial charge in [0, 0.05) is 23.2 Å². The SMILES string of the molecule is CNS(=O)(=O)c1ccc(Br)cc1.CNS(=O)(=O)c1ccc(N2CCC(C(=O)O)C2)cc1. The molecule has 0 saturated carbocycles. The Balaban J connectivity index is 0.000000245. The predicted molar refractivity (Wildman–Crippen MR) is 121 cm³/mol. The van der Waals surface area contributed by atoms with Crippen molar-refractivity contribution >= 4 is 47.6 Å². The molecule has 3 N–H and O–H groups in total. The van der Waals surface area contributed by atoms with Crippen LogP contribution in [0, 0.1) is 5.92 Å². The molecule has 2 aromatic carbocycles. The van der Waals surface area contributed by atoms with Crippen molar-refractivity contribution in [2.45, 2.75) is 16.2 Å². The molecule has 1 aliphatic rings. The molecule has 170 valence electrons. The zero-order valence-corrected chi connectivity index (χ0v) is 20.2. The largest absolute Gasteiger partial charge is 0.481 e. The van der Waals surface area contributed by atoms with E-state index in [1.54, 1.807) is 24.3 Å². The maximum Gasteiger partial charge on any atom is 0.308 e. The Morgan fingerprint density at radius 1 is 0.935 bits per heavy atom. The number of nitrogens with one attached hydrogen (secondary N) is 2. The number of carbonyl (C=O) groups is 1. The fraction of sp³-hybridized carbons (Fsp3) is 0.316. The maximum atomic E-state index is 11.6. The summed E-state index contributed by atoms with van der Waals surface area (Å²) in [5.41, 5.74) is 0.846. The van der Waals surface area contributed by atoms with E-state index in [1.165, 1.54) is 38.4 Å². The summed E-state index contributed by atoms with van der Waals surface area (Å²) in [4.78, 5) is 13.3. The summed E-state index contributed by atoms with van der Waals surface area (Å²) in [6, 6.07) is 12.9. The lowest BCUT2D eigenvalue weighted by atomic mass is 10.1. The Morgan fingerprint density at radius 2 is 1.39 bits per heavy atom. The number of carboxylic acids is 1. The molecule has 3 rings (SSSR count). The molecule has 0 aromatic heterocycles. The number of hydrogen-bond acceptors (Lipinski definition) is 6. The molecule has 9 nitrogen and oxygen atoms in total. The summed E-state index contributed by atoms with van der Waals surface area (Å²) in [7, 11) is -3.96. The van der Waals surface area contributed by atoms with Gasteiger partial charge in [-0.05, 0) is 69.0 Å². The summed E-state index contributed by atoms with van der Waals surface area (Å²) in [5, 5.41) is 8.95. The molecule has 1 heterocycles. The molecule has 1 aliphatic heterocycles. The van der Waals surface area contributed by atoms with Crippen molar-refractivity contribution in [1.29, 1.82) is 0 Å². The lowest BCUT2D eigenvalue weighted by Gasteiger charge is -2.18. The molecular weight excluding hydrogens is 510 g/mol. The number of sulfonamides is 2. The number of hydrogen-bond donors (Lipinski definition) is 3. The zero-order valence-electron chi connectivity index (χ0n) is 16.9. The van der Waals surface area contributed by atoms with Gasteiger partial charge in [-0.2, -0.15) is 0 Å². The summed E-state index contributed by atoms with van der Waals surface area (Å²) in [6.07, 6.45) is 0.617. The average molecular weight is 534 g/mol. The second-order valence-corrected chi connectivity index (χ2v) is 11.3. The molecule has 0 amide bonds. The Bertz CT molecular complexity index is 1100. The third-order valence-electron chi connectivity index (χ3n) is 4.71. The van der Waals surface area contributed by atoms with Crippen LogP contribution >= 0.6 is 15.9 Å². The van der Waals surface area contributed by atoms with E-state index < -0.39 is 26.0 Å². The predicted octanol–water partition coefficient (Wildman–Crippen LogP) is 1.86. The zero-order chi connectivity index (χ0) is 23.2. The van der Waals surface area contributed by atoms with Crippen molar-refractivity contribution in [2.75, 3.05) is 32.1 Å². The molecule has 1 atom stereocenters. The van der Waals surface area contributed by atoms with Crippen molar-refractivity contribution in [3.8, 4) is 0 Å². The van der Waals surface area contributed by atoms with Gasteiger partial charge in [0.25, 0.3) is 0 Å². The highest BCUT2D eigenvalue weighted by Crippen LogP contribution is 2.25. The van der Waals surface area contributed by atoms with Gasteiger partial charge in [0.05, 0.1) is 15.7 Å².